The Labute approximate surface area is 86.7 Å². The van der Waals surface area contributed by atoms with Crippen LogP contribution in [0.25, 0.3) is 0 Å². The van der Waals surface area contributed by atoms with Gasteiger partial charge in [0.15, 0.2) is 0 Å². The van der Waals surface area contributed by atoms with E-state index in [4.69, 9.17) is 0 Å². The zero-order chi connectivity index (χ0) is 10.6. The molecule has 5 heteroatoms. The summed E-state index contributed by atoms with van der Waals surface area (Å²) in [5, 5.41) is 2.87. The summed E-state index contributed by atoms with van der Waals surface area (Å²) in [6.07, 6.45) is 2.98. The van der Waals surface area contributed by atoms with Gasteiger partial charge in [0.25, 0.3) is 0 Å². The van der Waals surface area contributed by atoms with E-state index in [1.54, 1.807) is 11.4 Å². The average molecular weight is 220 g/mol. The monoisotopic (exact) mass is 220 g/mol. The number of nitrogens with one attached hydrogen (secondary N) is 1. The normalized spacial score (nSPS) is 17.6. The van der Waals surface area contributed by atoms with Crippen LogP contribution in [-0.4, -0.2) is 44.7 Å². The van der Waals surface area contributed by atoms with Crippen molar-refractivity contribution in [3.8, 4) is 0 Å². The number of hydrogen-bond donors (Lipinski definition) is 1. The van der Waals surface area contributed by atoms with Gasteiger partial charge in [-0.3, -0.25) is 0 Å². The van der Waals surface area contributed by atoms with E-state index < -0.39 is 10.0 Å². The van der Waals surface area contributed by atoms with Gasteiger partial charge in [0, 0.05) is 19.1 Å². The fourth-order valence-corrected chi connectivity index (χ4v) is 3.30. The van der Waals surface area contributed by atoms with Gasteiger partial charge >= 0.3 is 0 Å². The molecule has 0 aromatic heterocycles. The summed E-state index contributed by atoms with van der Waals surface area (Å²) in [4.78, 5) is 0. The molecular formula is C9H20N2O2S. The molecule has 0 amide bonds. The van der Waals surface area contributed by atoms with Gasteiger partial charge in [-0.2, -0.15) is 4.31 Å². The molecule has 0 bridgehead atoms. The molecule has 1 aliphatic carbocycles. The van der Waals surface area contributed by atoms with Crippen LogP contribution in [0.3, 0.4) is 0 Å². The van der Waals surface area contributed by atoms with E-state index in [9.17, 15) is 8.42 Å². The van der Waals surface area contributed by atoms with Crippen molar-refractivity contribution in [3.05, 3.63) is 0 Å². The number of rotatable bonds is 7. The highest BCUT2D eigenvalue weighted by atomic mass is 32.2. The third-order valence-electron chi connectivity index (χ3n) is 2.37. The Kier molecular flexibility index (Phi) is 4.34. The number of nitrogens with zero attached hydrogens (tertiary/aromatic N) is 1. The molecule has 1 N–H and O–H groups in total. The van der Waals surface area contributed by atoms with Crippen LogP contribution in [0.5, 0.6) is 0 Å². The second-order valence-corrected chi connectivity index (χ2v) is 5.80. The second kappa shape index (κ2) is 5.09. The molecule has 0 aromatic rings. The SMILES string of the molecule is CCCN(C1CC1)S(=O)(=O)CCNC. The first-order chi connectivity index (χ1) is 6.61. The van der Waals surface area contributed by atoms with E-state index in [2.05, 4.69) is 5.32 Å². The lowest BCUT2D eigenvalue weighted by Gasteiger charge is -2.20. The summed E-state index contributed by atoms with van der Waals surface area (Å²) >= 11 is 0. The maximum absolute atomic E-state index is 11.8. The molecule has 1 fully saturated rings. The summed E-state index contributed by atoms with van der Waals surface area (Å²) in [7, 11) is -1.24. The summed E-state index contributed by atoms with van der Waals surface area (Å²) in [5.74, 6) is 0.222. The van der Waals surface area contributed by atoms with Crippen LogP contribution in [0, 0.1) is 0 Å². The maximum Gasteiger partial charge on any atom is 0.215 e. The fraction of sp³-hybridized carbons (Fsp3) is 1.00. The van der Waals surface area contributed by atoms with Gasteiger partial charge in [-0.15, -0.1) is 0 Å². The van der Waals surface area contributed by atoms with Crippen LogP contribution in [0.15, 0.2) is 0 Å². The standard InChI is InChI=1S/C9H20N2O2S/c1-3-7-11(9-4-5-9)14(12,13)8-6-10-2/h9-10H,3-8H2,1-2H3. The Morgan fingerprint density at radius 1 is 1.43 bits per heavy atom. The number of hydrogen-bond acceptors (Lipinski definition) is 3. The summed E-state index contributed by atoms with van der Waals surface area (Å²) in [6.45, 7) is 3.23. The molecule has 0 unspecified atom stereocenters. The van der Waals surface area contributed by atoms with Crippen molar-refractivity contribution in [1.29, 1.82) is 0 Å². The van der Waals surface area contributed by atoms with E-state index in [-0.39, 0.29) is 5.75 Å². The van der Waals surface area contributed by atoms with Gasteiger partial charge in [-0.05, 0) is 26.3 Å². The molecule has 14 heavy (non-hydrogen) atoms. The Hall–Kier alpha value is -0.130. The summed E-state index contributed by atoms with van der Waals surface area (Å²) in [6, 6.07) is 0.303. The third-order valence-corrected chi connectivity index (χ3v) is 4.28. The van der Waals surface area contributed by atoms with Gasteiger partial charge in [0.1, 0.15) is 0 Å². The summed E-state index contributed by atoms with van der Waals surface area (Å²) in [5.41, 5.74) is 0. The molecule has 1 saturated carbocycles. The highest BCUT2D eigenvalue weighted by Gasteiger charge is 2.35. The van der Waals surface area contributed by atoms with Crippen molar-refractivity contribution in [2.75, 3.05) is 25.9 Å². The molecule has 1 aliphatic rings. The minimum Gasteiger partial charge on any atom is -0.319 e. The van der Waals surface area contributed by atoms with E-state index in [1.807, 2.05) is 6.92 Å². The smallest absolute Gasteiger partial charge is 0.215 e. The lowest BCUT2D eigenvalue weighted by Crippen LogP contribution is -2.37. The van der Waals surface area contributed by atoms with Crippen LogP contribution in [-0.2, 0) is 10.0 Å². The Morgan fingerprint density at radius 3 is 2.50 bits per heavy atom. The maximum atomic E-state index is 11.8. The molecule has 0 heterocycles. The zero-order valence-corrected chi connectivity index (χ0v) is 9.81. The predicted molar refractivity (Wildman–Crippen MR) is 57.7 cm³/mol. The van der Waals surface area contributed by atoms with Crippen molar-refractivity contribution in [2.24, 2.45) is 0 Å². The van der Waals surface area contributed by atoms with Crippen LogP contribution in [0.1, 0.15) is 26.2 Å². The van der Waals surface area contributed by atoms with Crippen LogP contribution < -0.4 is 5.32 Å². The van der Waals surface area contributed by atoms with Crippen molar-refractivity contribution in [3.63, 3.8) is 0 Å². The third kappa shape index (κ3) is 3.22. The molecule has 0 radical (unpaired) electrons. The first-order valence-electron chi connectivity index (χ1n) is 5.26. The molecule has 0 aliphatic heterocycles. The molecular weight excluding hydrogens is 200 g/mol. The van der Waals surface area contributed by atoms with E-state index >= 15 is 0 Å². The Morgan fingerprint density at radius 2 is 2.07 bits per heavy atom. The highest BCUT2D eigenvalue weighted by Crippen LogP contribution is 2.29. The molecule has 4 nitrogen and oxygen atoms in total. The minimum atomic E-state index is -3.01. The second-order valence-electron chi connectivity index (χ2n) is 3.76. The molecule has 0 saturated heterocycles. The Bertz CT molecular complexity index is 260. The highest BCUT2D eigenvalue weighted by molar-refractivity contribution is 7.89. The van der Waals surface area contributed by atoms with E-state index in [1.165, 1.54) is 0 Å². The lowest BCUT2D eigenvalue weighted by atomic mass is 10.5. The quantitative estimate of drug-likeness (QED) is 0.676. The number of sulfonamides is 1. The molecule has 0 spiro atoms. The molecule has 84 valence electrons. The van der Waals surface area contributed by atoms with Gasteiger partial charge in [0.05, 0.1) is 5.75 Å². The van der Waals surface area contributed by atoms with Crippen LogP contribution in [0.4, 0.5) is 0 Å². The summed E-state index contributed by atoms with van der Waals surface area (Å²) < 4.78 is 25.4. The molecule has 0 aromatic carbocycles. The van der Waals surface area contributed by atoms with Gasteiger partial charge < -0.3 is 5.32 Å². The van der Waals surface area contributed by atoms with Crippen molar-refractivity contribution >= 4 is 10.0 Å². The van der Waals surface area contributed by atoms with Gasteiger partial charge in [-0.1, -0.05) is 6.92 Å². The van der Waals surface area contributed by atoms with E-state index in [0.29, 0.717) is 19.1 Å². The first kappa shape index (κ1) is 11.9. The topological polar surface area (TPSA) is 49.4 Å². The minimum absolute atomic E-state index is 0.222. The zero-order valence-electron chi connectivity index (χ0n) is 8.99. The Balaban J connectivity index is 2.55. The van der Waals surface area contributed by atoms with Crippen molar-refractivity contribution in [2.45, 2.75) is 32.2 Å². The van der Waals surface area contributed by atoms with Crippen molar-refractivity contribution < 1.29 is 8.42 Å². The molecule has 1 rings (SSSR count). The fourth-order valence-electron chi connectivity index (χ4n) is 1.48. The van der Waals surface area contributed by atoms with Crippen LogP contribution >= 0.6 is 0 Å². The van der Waals surface area contributed by atoms with Gasteiger partial charge in [0.2, 0.25) is 10.0 Å². The first-order valence-corrected chi connectivity index (χ1v) is 6.87. The van der Waals surface area contributed by atoms with Crippen molar-refractivity contribution in [1.82, 2.24) is 9.62 Å². The van der Waals surface area contributed by atoms with Gasteiger partial charge in [-0.25, -0.2) is 8.42 Å². The van der Waals surface area contributed by atoms with E-state index in [0.717, 1.165) is 19.3 Å². The largest absolute Gasteiger partial charge is 0.319 e. The predicted octanol–water partition coefficient (Wildman–Crippen LogP) is 0.410. The lowest BCUT2D eigenvalue weighted by molar-refractivity contribution is 0.403. The average Bonchev–Trinajstić information content (AvgIpc) is 2.94. The van der Waals surface area contributed by atoms with Crippen LogP contribution in [0.2, 0.25) is 0 Å². The molecule has 0 atom stereocenters.